The first-order valence-electron chi connectivity index (χ1n) is 8.04. The van der Waals surface area contributed by atoms with E-state index in [0.29, 0.717) is 11.7 Å². The number of nitrogens with zero attached hydrogens (tertiary/aromatic N) is 2. The normalized spacial score (nSPS) is 15.2. The van der Waals surface area contributed by atoms with Gasteiger partial charge in [0.1, 0.15) is 11.9 Å². The molecular formula is C17H18FN3O4. The molecule has 1 aliphatic carbocycles. The number of carboxylic acids is 1. The van der Waals surface area contributed by atoms with Gasteiger partial charge in [0.15, 0.2) is 5.82 Å². The van der Waals surface area contributed by atoms with E-state index in [9.17, 15) is 14.0 Å². The highest BCUT2D eigenvalue weighted by Crippen LogP contribution is 2.38. The Balaban J connectivity index is 1.79. The van der Waals surface area contributed by atoms with Crippen LogP contribution in [0.1, 0.15) is 71.1 Å². The molecule has 2 aromatic rings. The average molecular weight is 347 g/mol. The van der Waals surface area contributed by atoms with Gasteiger partial charge in [0, 0.05) is 5.92 Å². The molecule has 0 bridgehead atoms. The number of benzene rings is 1. The van der Waals surface area contributed by atoms with Crippen LogP contribution < -0.4 is 5.32 Å². The first-order chi connectivity index (χ1) is 11.9. The minimum Gasteiger partial charge on any atom is -0.478 e. The minimum absolute atomic E-state index is 0.0576. The first-order valence-corrected chi connectivity index (χ1v) is 8.04. The zero-order chi connectivity index (χ0) is 18.1. The van der Waals surface area contributed by atoms with Crippen LogP contribution in [-0.4, -0.2) is 27.1 Å². The first kappa shape index (κ1) is 17.1. The number of aromatic nitrogens is 2. The van der Waals surface area contributed by atoms with E-state index in [-0.39, 0.29) is 22.9 Å². The fourth-order valence-corrected chi connectivity index (χ4v) is 2.45. The number of halogens is 1. The third kappa shape index (κ3) is 3.67. The van der Waals surface area contributed by atoms with Crippen LogP contribution in [0.2, 0.25) is 0 Å². The van der Waals surface area contributed by atoms with Crippen molar-refractivity contribution in [3.8, 4) is 0 Å². The fraction of sp³-hybridized carbons (Fsp3) is 0.412. The molecule has 0 aliphatic heterocycles. The van der Waals surface area contributed by atoms with Crippen molar-refractivity contribution in [1.82, 2.24) is 15.5 Å². The molecule has 7 nitrogen and oxygen atoms in total. The summed E-state index contributed by atoms with van der Waals surface area (Å²) in [7, 11) is 0. The van der Waals surface area contributed by atoms with Gasteiger partial charge in [0.25, 0.3) is 5.91 Å². The second-order valence-corrected chi connectivity index (χ2v) is 6.46. The Kier molecular flexibility index (Phi) is 4.52. The third-order valence-electron chi connectivity index (χ3n) is 4.08. The Hall–Kier alpha value is -2.77. The molecule has 0 radical (unpaired) electrons. The average Bonchev–Trinajstić information content (AvgIpc) is 3.30. The molecule has 1 saturated carbocycles. The van der Waals surface area contributed by atoms with Gasteiger partial charge in [-0.1, -0.05) is 19.0 Å². The second-order valence-electron chi connectivity index (χ2n) is 6.46. The molecule has 1 aliphatic rings. The number of amides is 1. The van der Waals surface area contributed by atoms with Gasteiger partial charge >= 0.3 is 5.97 Å². The second kappa shape index (κ2) is 6.62. The van der Waals surface area contributed by atoms with Gasteiger partial charge in [0.05, 0.1) is 11.1 Å². The topological polar surface area (TPSA) is 105 Å². The van der Waals surface area contributed by atoms with E-state index >= 15 is 0 Å². The van der Waals surface area contributed by atoms with Gasteiger partial charge in [0.2, 0.25) is 5.89 Å². The van der Waals surface area contributed by atoms with Crippen LogP contribution in [0, 0.1) is 11.7 Å². The number of hydrogen-bond acceptors (Lipinski definition) is 5. The lowest BCUT2D eigenvalue weighted by Gasteiger charge is -2.18. The predicted molar refractivity (Wildman–Crippen MR) is 84.7 cm³/mol. The van der Waals surface area contributed by atoms with E-state index in [0.717, 1.165) is 25.0 Å². The minimum atomic E-state index is -1.26. The van der Waals surface area contributed by atoms with E-state index in [4.69, 9.17) is 9.63 Å². The summed E-state index contributed by atoms with van der Waals surface area (Å²) in [5.74, 6) is -1.65. The summed E-state index contributed by atoms with van der Waals surface area (Å²) in [6.45, 7) is 3.74. The van der Waals surface area contributed by atoms with Crippen molar-refractivity contribution in [2.75, 3.05) is 0 Å². The van der Waals surface area contributed by atoms with E-state index in [1.54, 1.807) is 0 Å². The molecule has 1 atom stereocenters. The van der Waals surface area contributed by atoms with Crippen molar-refractivity contribution in [3.05, 3.63) is 46.9 Å². The van der Waals surface area contributed by atoms with Crippen molar-refractivity contribution in [2.45, 2.75) is 38.6 Å². The molecule has 1 heterocycles. The van der Waals surface area contributed by atoms with Crippen LogP contribution >= 0.6 is 0 Å². The van der Waals surface area contributed by atoms with Crippen LogP contribution in [0.5, 0.6) is 0 Å². The summed E-state index contributed by atoms with van der Waals surface area (Å²) >= 11 is 0. The summed E-state index contributed by atoms with van der Waals surface area (Å²) in [4.78, 5) is 27.6. The van der Waals surface area contributed by atoms with Gasteiger partial charge < -0.3 is 14.9 Å². The van der Waals surface area contributed by atoms with E-state index in [1.807, 2.05) is 13.8 Å². The fourth-order valence-electron chi connectivity index (χ4n) is 2.45. The zero-order valence-electron chi connectivity index (χ0n) is 13.8. The number of rotatable bonds is 6. The molecule has 3 rings (SSSR count). The molecule has 132 valence electrons. The maximum atomic E-state index is 14.1. The summed E-state index contributed by atoms with van der Waals surface area (Å²) in [5.41, 5.74) is -0.460. The highest BCUT2D eigenvalue weighted by molar-refractivity contribution is 5.96. The lowest BCUT2D eigenvalue weighted by molar-refractivity contribution is 0.0695. The Bertz CT molecular complexity index is 814. The largest absolute Gasteiger partial charge is 0.478 e. The van der Waals surface area contributed by atoms with Crippen LogP contribution in [0.4, 0.5) is 4.39 Å². The number of carbonyl (C=O) groups excluding carboxylic acids is 1. The molecule has 25 heavy (non-hydrogen) atoms. The maximum absolute atomic E-state index is 14.1. The van der Waals surface area contributed by atoms with Crippen LogP contribution in [-0.2, 0) is 0 Å². The van der Waals surface area contributed by atoms with E-state index in [1.165, 1.54) is 6.07 Å². The van der Waals surface area contributed by atoms with Gasteiger partial charge in [-0.15, -0.1) is 0 Å². The Morgan fingerprint density at radius 3 is 2.64 bits per heavy atom. The van der Waals surface area contributed by atoms with Crippen molar-refractivity contribution >= 4 is 11.9 Å². The molecule has 1 unspecified atom stereocenters. The third-order valence-corrected chi connectivity index (χ3v) is 4.08. The van der Waals surface area contributed by atoms with Crippen molar-refractivity contribution in [2.24, 2.45) is 5.92 Å². The van der Waals surface area contributed by atoms with Gasteiger partial charge in [-0.2, -0.15) is 4.98 Å². The number of carbonyl (C=O) groups is 2. The number of aromatic carboxylic acids is 1. The SMILES string of the molecule is CC(C)C(NC(=O)c1ccc(C(=O)O)cc1F)c1nc(C2CC2)no1. The molecular weight excluding hydrogens is 329 g/mol. The Morgan fingerprint density at radius 1 is 1.36 bits per heavy atom. The smallest absolute Gasteiger partial charge is 0.335 e. The number of carboxylic acid groups (broad SMARTS) is 1. The number of nitrogens with one attached hydrogen (secondary N) is 1. The predicted octanol–water partition coefficient (Wildman–Crippen LogP) is 2.91. The molecule has 2 N–H and O–H groups in total. The molecule has 0 saturated heterocycles. The van der Waals surface area contributed by atoms with Crippen molar-refractivity contribution < 1.29 is 23.6 Å². The van der Waals surface area contributed by atoms with Crippen LogP contribution in [0.25, 0.3) is 0 Å². The van der Waals surface area contributed by atoms with Crippen molar-refractivity contribution in [3.63, 3.8) is 0 Å². The summed E-state index contributed by atoms with van der Waals surface area (Å²) in [6.07, 6.45) is 2.05. The highest BCUT2D eigenvalue weighted by atomic mass is 19.1. The van der Waals surface area contributed by atoms with Gasteiger partial charge in [-0.3, -0.25) is 4.79 Å². The van der Waals surface area contributed by atoms with Crippen molar-refractivity contribution in [1.29, 1.82) is 0 Å². The van der Waals surface area contributed by atoms with E-state index < -0.39 is 23.7 Å². The van der Waals surface area contributed by atoms with Gasteiger partial charge in [-0.25, -0.2) is 9.18 Å². The van der Waals surface area contributed by atoms with Gasteiger partial charge in [-0.05, 0) is 37.0 Å². The van der Waals surface area contributed by atoms with Crippen LogP contribution in [0.15, 0.2) is 22.7 Å². The quantitative estimate of drug-likeness (QED) is 0.832. The lowest BCUT2D eigenvalue weighted by Crippen LogP contribution is -2.32. The Morgan fingerprint density at radius 2 is 2.08 bits per heavy atom. The van der Waals surface area contributed by atoms with E-state index in [2.05, 4.69) is 15.5 Å². The highest BCUT2D eigenvalue weighted by Gasteiger charge is 2.32. The summed E-state index contributed by atoms with van der Waals surface area (Å²) < 4.78 is 19.3. The number of hydrogen-bond donors (Lipinski definition) is 2. The lowest BCUT2D eigenvalue weighted by atomic mass is 10.0. The monoisotopic (exact) mass is 347 g/mol. The molecule has 1 fully saturated rings. The molecule has 1 aromatic carbocycles. The Labute approximate surface area is 143 Å². The summed E-state index contributed by atoms with van der Waals surface area (Å²) in [6, 6.07) is 2.59. The van der Waals surface area contributed by atoms with Crippen LogP contribution in [0.3, 0.4) is 0 Å². The summed E-state index contributed by atoms with van der Waals surface area (Å²) in [5, 5.41) is 15.5. The zero-order valence-corrected chi connectivity index (χ0v) is 13.8. The molecule has 8 heteroatoms. The molecule has 0 spiro atoms. The maximum Gasteiger partial charge on any atom is 0.335 e. The molecule has 1 aromatic heterocycles. The molecule has 1 amide bonds. The standard InChI is InChI=1S/C17H18FN3O4/c1-8(2)13(16-20-14(21-25-16)9-3-4-9)19-15(22)11-6-5-10(17(23)24)7-12(11)18/h5-9,13H,3-4H2,1-2H3,(H,19,22)(H,23,24).